The molecular weight excluding hydrogens is 576 g/mol. The van der Waals surface area contributed by atoms with Crippen molar-refractivity contribution in [1.29, 1.82) is 0 Å². The topological polar surface area (TPSA) is 125 Å². The molecule has 0 aromatic heterocycles. The van der Waals surface area contributed by atoms with Gasteiger partial charge in [0, 0.05) is 6.04 Å². The van der Waals surface area contributed by atoms with Gasteiger partial charge in [-0.3, -0.25) is 4.79 Å². The van der Waals surface area contributed by atoms with Crippen molar-refractivity contribution < 1.29 is 28.2 Å². The van der Waals surface area contributed by atoms with E-state index in [2.05, 4.69) is 17.4 Å². The van der Waals surface area contributed by atoms with Crippen LogP contribution in [0.25, 0.3) is 11.1 Å². The fourth-order valence-corrected chi connectivity index (χ4v) is 5.81. The van der Waals surface area contributed by atoms with E-state index in [4.69, 9.17) is 9.84 Å². The van der Waals surface area contributed by atoms with Crippen LogP contribution in [0.4, 0.5) is 0 Å². The summed E-state index contributed by atoms with van der Waals surface area (Å²) in [6.45, 7) is 2.11. The highest BCUT2D eigenvalue weighted by Gasteiger charge is 2.23. The summed E-state index contributed by atoms with van der Waals surface area (Å²) in [5.41, 5.74) is 3.98. The average molecular weight is 617 g/mol. The summed E-state index contributed by atoms with van der Waals surface area (Å²) >= 11 is 0. The largest absolute Gasteiger partial charge is 0.490 e. The van der Waals surface area contributed by atoms with Crippen molar-refractivity contribution >= 4 is 28.3 Å². The molecule has 4 rings (SSSR count). The van der Waals surface area contributed by atoms with Crippen LogP contribution in [0.5, 0.6) is 5.75 Å². The number of ether oxygens (including phenoxy) is 1. The van der Waals surface area contributed by atoms with Crippen LogP contribution in [0.15, 0.2) is 72.8 Å². The van der Waals surface area contributed by atoms with E-state index in [1.54, 1.807) is 18.2 Å². The number of aliphatic hydroxyl groups excluding tert-OH is 2. The Bertz CT molecular complexity index is 1380. The summed E-state index contributed by atoms with van der Waals surface area (Å²) in [7, 11) is -3.95. The van der Waals surface area contributed by atoms with Gasteiger partial charge in [0.25, 0.3) is 5.91 Å². The molecule has 42 heavy (non-hydrogen) atoms. The number of rotatable bonds is 13. The van der Waals surface area contributed by atoms with Crippen molar-refractivity contribution in [2.75, 3.05) is 18.9 Å². The molecule has 3 aromatic carbocycles. The number of carbonyl (C=O) groups excluding carboxylic acids is 1. The van der Waals surface area contributed by atoms with Crippen LogP contribution < -0.4 is 14.8 Å². The van der Waals surface area contributed by atoms with Gasteiger partial charge in [-0.05, 0) is 80.0 Å². The quantitative estimate of drug-likeness (QED) is 0.218. The van der Waals surface area contributed by atoms with Crippen molar-refractivity contribution in [3.8, 4) is 16.9 Å². The van der Waals surface area contributed by atoms with E-state index >= 15 is 0 Å². The van der Waals surface area contributed by atoms with Gasteiger partial charge < -0.3 is 20.3 Å². The Labute approximate surface area is 255 Å². The zero-order chi connectivity index (χ0) is 29.2. The second-order valence-corrected chi connectivity index (χ2v) is 12.4. The Morgan fingerprint density at radius 3 is 2.31 bits per heavy atom. The van der Waals surface area contributed by atoms with E-state index in [1.807, 2.05) is 54.1 Å². The summed E-state index contributed by atoms with van der Waals surface area (Å²) in [5.74, 6) is -0.972. The van der Waals surface area contributed by atoms with E-state index in [0.29, 0.717) is 12.3 Å². The van der Waals surface area contributed by atoms with E-state index in [-0.39, 0.29) is 30.1 Å². The monoisotopic (exact) mass is 616 g/mol. The van der Waals surface area contributed by atoms with Crippen LogP contribution in [-0.4, -0.2) is 55.6 Å². The Balaban J connectivity index is 0.00000484. The van der Waals surface area contributed by atoms with Gasteiger partial charge in [-0.25, -0.2) is 13.1 Å². The lowest BCUT2D eigenvalue weighted by molar-refractivity contribution is 0.0969. The SMILES string of the molecule is C[C@H](NCCc1ccc(-c2ccc(C(=O)NS(=O)(=O)CCO)c(OC3CCCCC3)c2)cc1)[C@H](O)c1ccccc1.Cl. The molecule has 0 unspecified atom stereocenters. The molecule has 4 N–H and O–H groups in total. The summed E-state index contributed by atoms with van der Waals surface area (Å²) in [5, 5.41) is 23.0. The number of sulfonamides is 1. The van der Waals surface area contributed by atoms with E-state index < -0.39 is 34.4 Å². The molecule has 0 radical (unpaired) electrons. The van der Waals surface area contributed by atoms with Gasteiger partial charge >= 0.3 is 0 Å². The molecule has 0 spiro atoms. The van der Waals surface area contributed by atoms with Gasteiger partial charge in [-0.1, -0.05) is 67.1 Å². The number of carbonyl (C=O) groups is 1. The lowest BCUT2D eigenvalue weighted by Gasteiger charge is -2.24. The first-order valence-corrected chi connectivity index (χ1v) is 15.9. The highest BCUT2D eigenvalue weighted by Crippen LogP contribution is 2.31. The number of benzene rings is 3. The maximum absolute atomic E-state index is 12.9. The Morgan fingerprint density at radius 2 is 1.64 bits per heavy atom. The Kier molecular flexibility index (Phi) is 12.8. The predicted octanol–water partition coefficient (Wildman–Crippen LogP) is 4.79. The molecule has 0 heterocycles. The van der Waals surface area contributed by atoms with Crippen molar-refractivity contribution in [2.24, 2.45) is 0 Å². The van der Waals surface area contributed by atoms with Crippen molar-refractivity contribution in [2.45, 2.75) is 63.7 Å². The molecule has 228 valence electrons. The smallest absolute Gasteiger partial charge is 0.268 e. The van der Waals surface area contributed by atoms with Crippen LogP contribution in [0.1, 0.15) is 66.6 Å². The minimum Gasteiger partial charge on any atom is -0.490 e. The first-order valence-electron chi connectivity index (χ1n) is 14.3. The average Bonchev–Trinajstić information content (AvgIpc) is 2.97. The van der Waals surface area contributed by atoms with Gasteiger partial charge in [-0.15, -0.1) is 12.4 Å². The first-order chi connectivity index (χ1) is 19.8. The highest BCUT2D eigenvalue weighted by molar-refractivity contribution is 7.90. The van der Waals surface area contributed by atoms with Gasteiger partial charge in [0.1, 0.15) is 5.75 Å². The molecular formula is C32H41ClN2O6S. The predicted molar refractivity (Wildman–Crippen MR) is 168 cm³/mol. The highest BCUT2D eigenvalue weighted by atomic mass is 35.5. The second kappa shape index (κ2) is 16.0. The second-order valence-electron chi connectivity index (χ2n) is 10.6. The standard InChI is InChI=1S/C32H40N2O6S.ClH/c1-23(31(36)26-8-4-2-5-9-26)33-19-18-24-12-14-25(15-13-24)27-16-17-29(32(37)34-41(38,39)21-20-35)30(22-27)40-28-10-6-3-7-11-28;/h2,4-5,8-9,12-17,22-23,28,31,33,35-36H,3,6-7,10-11,18-21H2,1H3,(H,34,37);1H/t23-,31-;/m0./s1. The fraction of sp³-hybridized carbons (Fsp3) is 0.406. The molecule has 0 saturated heterocycles. The molecule has 1 fully saturated rings. The molecule has 1 aliphatic rings. The molecule has 10 heteroatoms. The lowest BCUT2D eigenvalue weighted by Crippen LogP contribution is -2.34. The minimum absolute atomic E-state index is 0. The van der Waals surface area contributed by atoms with Crippen LogP contribution in [0.2, 0.25) is 0 Å². The van der Waals surface area contributed by atoms with Crippen LogP contribution in [-0.2, 0) is 16.4 Å². The van der Waals surface area contributed by atoms with Crippen LogP contribution >= 0.6 is 12.4 Å². The van der Waals surface area contributed by atoms with Crippen molar-refractivity contribution in [3.05, 3.63) is 89.5 Å². The summed E-state index contributed by atoms with van der Waals surface area (Å²) < 4.78 is 32.5. The summed E-state index contributed by atoms with van der Waals surface area (Å²) in [4.78, 5) is 12.9. The van der Waals surface area contributed by atoms with Gasteiger partial charge in [0.15, 0.2) is 0 Å². The zero-order valence-corrected chi connectivity index (χ0v) is 25.5. The number of aliphatic hydroxyl groups is 2. The van der Waals surface area contributed by atoms with Crippen molar-refractivity contribution in [3.63, 3.8) is 0 Å². The number of hydrogen-bond donors (Lipinski definition) is 4. The van der Waals surface area contributed by atoms with Gasteiger partial charge in [0.2, 0.25) is 10.0 Å². The molecule has 3 aromatic rings. The molecule has 2 atom stereocenters. The Hall–Kier alpha value is -2.95. The molecule has 1 saturated carbocycles. The van der Waals surface area contributed by atoms with Crippen LogP contribution in [0.3, 0.4) is 0 Å². The van der Waals surface area contributed by atoms with E-state index in [1.165, 1.54) is 0 Å². The molecule has 0 bridgehead atoms. The molecule has 1 amide bonds. The number of nitrogens with one attached hydrogen (secondary N) is 2. The third-order valence-corrected chi connectivity index (χ3v) is 8.68. The van der Waals surface area contributed by atoms with Gasteiger partial charge in [0.05, 0.1) is 30.1 Å². The summed E-state index contributed by atoms with van der Waals surface area (Å²) in [6, 6.07) is 22.8. The maximum atomic E-state index is 12.9. The molecule has 0 aliphatic heterocycles. The number of halogens is 1. The Morgan fingerprint density at radius 1 is 0.976 bits per heavy atom. The van der Waals surface area contributed by atoms with Crippen molar-refractivity contribution in [1.82, 2.24) is 10.0 Å². The number of amides is 1. The zero-order valence-electron chi connectivity index (χ0n) is 23.9. The molecule has 1 aliphatic carbocycles. The van der Waals surface area contributed by atoms with E-state index in [0.717, 1.165) is 60.8 Å². The maximum Gasteiger partial charge on any atom is 0.268 e. The van der Waals surface area contributed by atoms with E-state index in [9.17, 15) is 18.3 Å². The van der Waals surface area contributed by atoms with Gasteiger partial charge in [-0.2, -0.15) is 0 Å². The third-order valence-electron chi connectivity index (χ3n) is 7.46. The molecule has 8 nitrogen and oxygen atoms in total. The van der Waals surface area contributed by atoms with Crippen LogP contribution in [0, 0.1) is 0 Å². The third kappa shape index (κ3) is 9.54. The normalized spacial score (nSPS) is 15.3. The first kappa shape index (κ1) is 33.6. The number of hydrogen-bond acceptors (Lipinski definition) is 7. The fourth-order valence-electron chi connectivity index (χ4n) is 5.08. The lowest BCUT2D eigenvalue weighted by atomic mass is 9.97. The minimum atomic E-state index is -3.95. The summed E-state index contributed by atoms with van der Waals surface area (Å²) in [6.07, 6.45) is 5.22.